The highest BCUT2D eigenvalue weighted by molar-refractivity contribution is 8.76. The summed E-state index contributed by atoms with van der Waals surface area (Å²) in [7, 11) is 1.56. The Hall–Kier alpha value is -9.01. The summed E-state index contributed by atoms with van der Waals surface area (Å²) < 4.78 is 0. The fraction of sp³-hybridized carbons (Fsp3) is 0.436. The second-order valence-electron chi connectivity index (χ2n) is 20.4. The largest absolute Gasteiger partial charge is 0.508 e. The van der Waals surface area contributed by atoms with Crippen molar-refractivity contribution in [3.8, 4) is 11.5 Å². The molecule has 32 heteroatoms. The molecule has 3 unspecified atom stereocenters. The van der Waals surface area contributed by atoms with E-state index in [2.05, 4.69) is 53.2 Å². The van der Waals surface area contributed by atoms with Gasteiger partial charge in [-0.05, 0) is 53.3 Å². The summed E-state index contributed by atoms with van der Waals surface area (Å²) in [5.74, 6) is -17.0. The molecule has 472 valence electrons. The minimum Gasteiger partial charge on any atom is -0.508 e. The summed E-state index contributed by atoms with van der Waals surface area (Å²) in [6, 6.07) is 1.57. The van der Waals surface area contributed by atoms with Gasteiger partial charge in [-0.25, -0.2) is 0 Å². The van der Waals surface area contributed by atoms with Gasteiger partial charge in [0.2, 0.25) is 65.0 Å². The Morgan fingerprint density at radius 3 is 1.56 bits per heavy atom. The number of aliphatic hydroxyl groups excluding tert-OH is 2. The molecule has 4 rings (SSSR count). The monoisotopic (exact) mass is 1250 g/mol. The number of benzene rings is 3. The third-order valence-corrected chi connectivity index (χ3v) is 15.3. The van der Waals surface area contributed by atoms with Crippen molar-refractivity contribution in [1.29, 1.82) is 0 Å². The normalized spacial score (nSPS) is 20.4. The van der Waals surface area contributed by atoms with Crippen molar-refractivity contribution in [2.75, 3.05) is 24.7 Å². The van der Waals surface area contributed by atoms with Crippen LogP contribution in [0.25, 0.3) is 0 Å². The summed E-state index contributed by atoms with van der Waals surface area (Å²) in [6.45, 7) is 2.15. The number of carbonyl (C=O) groups is 13. The fourth-order valence-corrected chi connectivity index (χ4v) is 10.7. The van der Waals surface area contributed by atoms with Crippen molar-refractivity contribution in [1.82, 2.24) is 53.2 Å². The molecule has 0 saturated carbocycles. The number of phenols is 2. The summed E-state index contributed by atoms with van der Waals surface area (Å²) in [5, 5.41) is 84.0. The Bertz CT molecular complexity index is 2940. The van der Waals surface area contributed by atoms with Gasteiger partial charge in [-0.15, -0.1) is 0 Å². The van der Waals surface area contributed by atoms with Gasteiger partial charge in [0.25, 0.3) is 0 Å². The van der Waals surface area contributed by atoms with Crippen molar-refractivity contribution >= 4 is 98.5 Å². The van der Waals surface area contributed by atoms with Crippen LogP contribution in [0.3, 0.4) is 0 Å². The molecule has 10 atom stereocenters. The molecule has 3 aromatic carbocycles. The molecule has 30 nitrogen and oxygen atoms in total. The second-order valence-corrected chi connectivity index (χ2v) is 22.9. The van der Waals surface area contributed by atoms with Crippen molar-refractivity contribution in [3.63, 3.8) is 0 Å². The molecule has 1 fully saturated rings. The van der Waals surface area contributed by atoms with Crippen LogP contribution in [0.15, 0.2) is 78.9 Å². The van der Waals surface area contributed by atoms with E-state index in [9.17, 15) is 93.0 Å². The number of aliphatic carboxylic acids is 2. The van der Waals surface area contributed by atoms with Crippen LogP contribution in [-0.4, -0.2) is 193 Å². The van der Waals surface area contributed by atoms with Gasteiger partial charge in [0, 0.05) is 37.7 Å². The number of aliphatic hydroxyl groups is 2. The van der Waals surface area contributed by atoms with E-state index in [1.165, 1.54) is 48.5 Å². The predicted molar refractivity (Wildman–Crippen MR) is 311 cm³/mol. The Kier molecular flexibility index (Phi) is 28.2. The van der Waals surface area contributed by atoms with E-state index < -0.39 is 181 Å². The number of aromatic hydroxyl groups is 2. The quantitative estimate of drug-likeness (QED) is 0.0379. The van der Waals surface area contributed by atoms with Gasteiger partial charge in [-0.3, -0.25) is 62.3 Å². The highest BCUT2D eigenvalue weighted by Crippen LogP contribution is 2.24. The molecule has 11 amide bonds. The van der Waals surface area contributed by atoms with Gasteiger partial charge in [0.05, 0.1) is 26.1 Å². The van der Waals surface area contributed by atoms with E-state index in [4.69, 9.17) is 5.73 Å². The molecule has 1 heterocycles. The maximum atomic E-state index is 14.7. The topological polar surface area (TPSA) is 490 Å². The molecule has 0 aromatic heterocycles. The van der Waals surface area contributed by atoms with Gasteiger partial charge in [0.15, 0.2) is 0 Å². The predicted octanol–water partition coefficient (Wildman–Crippen LogP) is -4.15. The Morgan fingerprint density at radius 1 is 0.552 bits per heavy atom. The van der Waals surface area contributed by atoms with Gasteiger partial charge in [-0.1, -0.05) is 90.0 Å². The standard InChI is InChI=1S/C55H71N11O19S2/c1-27(2)17-35(47(77)58-34(46(56)76)21-44(72)73)59-49(79)37(19-30-9-13-32(70)14-10-30)61-54(84)42-25-86-87-26-43(65-48(78)36(57-28(3)69)18-29-7-5-4-6-8-29)55(85)64-40(23-67)52(82)62-39(22-45(74)75)51(81)60-38(20-31-11-15-33(71)16-12-31)50(80)63-41(24-68)53(83)66-42/h4-16,27,34-43,67-68,70-71H,17-26H2,1-3H3,(H2,56,76)(H,57,69)(H,58,77)(H,59,79)(H,60,81)(H,61,84)(H,62,82)(H,63,80)(H,64,85)(H,65,78)(H,66,83)(H,72,73)(H,74,75)/t34-,35-,36-,37-,38-,39-,40?,41?,42?,43-/m0/s1. The average molecular weight is 1250 g/mol. The van der Waals surface area contributed by atoms with Gasteiger partial charge >= 0.3 is 11.9 Å². The van der Waals surface area contributed by atoms with Gasteiger partial charge < -0.3 is 89.5 Å². The first kappa shape index (κ1) is 70.5. The van der Waals surface area contributed by atoms with Crippen LogP contribution in [0.4, 0.5) is 0 Å². The molecule has 1 aliphatic rings. The highest BCUT2D eigenvalue weighted by atomic mass is 33.1. The number of carbonyl (C=O) groups excluding carboxylic acids is 11. The lowest BCUT2D eigenvalue weighted by atomic mass is 10.00. The maximum Gasteiger partial charge on any atom is 0.305 e. The first-order valence-corrected chi connectivity index (χ1v) is 29.4. The lowest BCUT2D eigenvalue weighted by Gasteiger charge is -2.28. The third kappa shape index (κ3) is 24.1. The van der Waals surface area contributed by atoms with Crippen LogP contribution in [0.2, 0.25) is 0 Å². The Labute approximate surface area is 505 Å². The van der Waals surface area contributed by atoms with E-state index >= 15 is 0 Å². The molecule has 18 N–H and O–H groups in total. The van der Waals surface area contributed by atoms with E-state index in [1.54, 1.807) is 44.2 Å². The number of nitrogens with two attached hydrogens (primary N) is 1. The maximum absolute atomic E-state index is 14.7. The Morgan fingerprint density at radius 2 is 1.02 bits per heavy atom. The molecule has 1 saturated heterocycles. The SMILES string of the molecule is CC(=O)N[C@@H](Cc1ccccc1)C(=O)N[C@H]1CSSCC(C(=O)N[C@@H](Cc2ccc(O)cc2)C(=O)N[C@@H](CC(C)C)C(=O)N[C@@H](CC(=O)O)C(N)=O)NC(=O)C(CO)NC(=O)[C@H](Cc2ccc(O)cc2)NC(=O)[C@H](CC(=O)O)NC(=O)C(CO)NC1=O. The molecule has 0 spiro atoms. The number of amides is 11. The molecule has 0 aliphatic carbocycles. The first-order valence-electron chi connectivity index (χ1n) is 27.0. The molecule has 0 radical (unpaired) electrons. The number of nitrogens with one attached hydrogen (secondary N) is 10. The number of carboxylic acid groups (broad SMARTS) is 2. The summed E-state index contributed by atoms with van der Waals surface area (Å²) >= 11 is 0. The lowest BCUT2D eigenvalue weighted by molar-refractivity contribution is -0.142. The van der Waals surface area contributed by atoms with Crippen molar-refractivity contribution < 1.29 is 93.0 Å². The molecular weight excluding hydrogens is 1180 g/mol. The highest BCUT2D eigenvalue weighted by Gasteiger charge is 2.37. The van der Waals surface area contributed by atoms with E-state index in [0.29, 0.717) is 11.1 Å². The molecule has 87 heavy (non-hydrogen) atoms. The second kappa shape index (κ2) is 34.8. The number of phenolic OH excluding ortho intramolecular Hbond substituents is 2. The van der Waals surface area contributed by atoms with E-state index in [0.717, 1.165) is 28.5 Å². The molecule has 0 bridgehead atoms. The molecule has 3 aromatic rings. The average Bonchev–Trinajstić information content (AvgIpc) is 3.54. The molecule has 1 aliphatic heterocycles. The van der Waals surface area contributed by atoms with Crippen LogP contribution in [0.1, 0.15) is 56.7 Å². The zero-order valence-corrected chi connectivity index (χ0v) is 48.9. The summed E-state index contributed by atoms with van der Waals surface area (Å²) in [6.07, 6.45) is -3.05. The smallest absolute Gasteiger partial charge is 0.305 e. The number of hydrogen-bond donors (Lipinski definition) is 17. The number of hydrogen-bond acceptors (Lipinski definition) is 19. The van der Waals surface area contributed by atoms with Crippen LogP contribution < -0.4 is 58.9 Å². The van der Waals surface area contributed by atoms with Crippen molar-refractivity contribution in [2.24, 2.45) is 11.7 Å². The fourth-order valence-electron chi connectivity index (χ4n) is 8.38. The van der Waals surface area contributed by atoms with Crippen LogP contribution >= 0.6 is 21.6 Å². The first-order chi connectivity index (χ1) is 41.2. The number of carboxylic acids is 2. The number of rotatable bonds is 24. The van der Waals surface area contributed by atoms with Crippen molar-refractivity contribution in [3.05, 3.63) is 95.6 Å². The van der Waals surface area contributed by atoms with Crippen LogP contribution in [0, 0.1) is 5.92 Å². The minimum absolute atomic E-state index is 0.0847. The molecular formula is C55H71N11O19S2. The zero-order chi connectivity index (χ0) is 64.5. The summed E-state index contributed by atoms with van der Waals surface area (Å²) in [5.41, 5.74) is 6.53. The Balaban J connectivity index is 1.82. The van der Waals surface area contributed by atoms with Gasteiger partial charge in [-0.2, -0.15) is 0 Å². The third-order valence-electron chi connectivity index (χ3n) is 12.8. The van der Waals surface area contributed by atoms with Crippen molar-refractivity contribution in [2.45, 2.75) is 120 Å². The van der Waals surface area contributed by atoms with E-state index in [1.807, 2.05) is 0 Å². The number of primary amides is 1. The lowest BCUT2D eigenvalue weighted by Crippen LogP contribution is -2.62. The van der Waals surface area contributed by atoms with Gasteiger partial charge in [0.1, 0.15) is 71.9 Å². The zero-order valence-electron chi connectivity index (χ0n) is 47.3. The van der Waals surface area contributed by atoms with Crippen LogP contribution in [-0.2, 0) is 81.6 Å². The van der Waals surface area contributed by atoms with Crippen LogP contribution in [0.5, 0.6) is 11.5 Å². The summed E-state index contributed by atoms with van der Waals surface area (Å²) in [4.78, 5) is 176. The van der Waals surface area contributed by atoms with E-state index in [-0.39, 0.29) is 42.2 Å². The minimum atomic E-state index is -2.03.